The largest absolute Gasteiger partial charge is 0.481 e. The van der Waals surface area contributed by atoms with Crippen molar-refractivity contribution in [2.45, 2.75) is 102 Å². The summed E-state index contributed by atoms with van der Waals surface area (Å²) >= 11 is 0. The molecule has 0 saturated heterocycles. The molecule has 0 unspecified atom stereocenters. The SMILES string of the molecule is Cc1cc(=O)n([C@H]2CCCCCCCc3cc(F)cc(C)c3-c3cc(C4CC4)c(F)c(c3)[C@H](CC(=O)O)NC2=O)cc1CCN(C)C. The van der Waals surface area contributed by atoms with E-state index in [2.05, 4.69) is 10.2 Å². The Labute approximate surface area is 276 Å². The minimum atomic E-state index is -1.18. The summed E-state index contributed by atoms with van der Waals surface area (Å²) in [7, 11) is 3.95. The highest BCUT2D eigenvalue weighted by atomic mass is 19.1. The van der Waals surface area contributed by atoms with E-state index >= 15 is 4.39 Å². The lowest BCUT2D eigenvalue weighted by molar-refractivity contribution is -0.138. The van der Waals surface area contributed by atoms with E-state index in [4.69, 9.17) is 0 Å². The lowest BCUT2D eigenvalue weighted by Gasteiger charge is -2.26. The van der Waals surface area contributed by atoms with Crippen LogP contribution in [0.4, 0.5) is 8.78 Å². The van der Waals surface area contributed by atoms with Crippen molar-refractivity contribution in [2.24, 2.45) is 0 Å². The summed E-state index contributed by atoms with van der Waals surface area (Å²) in [5, 5.41) is 12.8. The third kappa shape index (κ3) is 8.36. The second-order valence-electron chi connectivity index (χ2n) is 13.8. The quantitative estimate of drug-likeness (QED) is 0.284. The van der Waals surface area contributed by atoms with Gasteiger partial charge in [-0.3, -0.25) is 14.4 Å². The fourth-order valence-corrected chi connectivity index (χ4v) is 6.98. The van der Waals surface area contributed by atoms with Gasteiger partial charge in [-0.25, -0.2) is 8.78 Å². The van der Waals surface area contributed by atoms with Gasteiger partial charge in [0, 0.05) is 24.4 Å². The van der Waals surface area contributed by atoms with Gasteiger partial charge in [0.2, 0.25) is 5.91 Å². The van der Waals surface area contributed by atoms with Crippen molar-refractivity contribution in [1.29, 1.82) is 0 Å². The number of carboxylic acids is 1. The van der Waals surface area contributed by atoms with E-state index in [0.29, 0.717) is 36.8 Å². The fraction of sp³-hybridized carbons (Fsp3) is 0.500. The van der Waals surface area contributed by atoms with Gasteiger partial charge in [-0.2, -0.15) is 0 Å². The van der Waals surface area contributed by atoms with Gasteiger partial charge in [-0.1, -0.05) is 25.7 Å². The number of aryl methyl sites for hydroxylation is 3. The zero-order valence-electron chi connectivity index (χ0n) is 28.0. The van der Waals surface area contributed by atoms with Crippen LogP contribution in [-0.4, -0.2) is 47.1 Å². The molecule has 3 aromatic rings. The molecular formula is C38H47F2N3O4. The number of hydrogen-bond donors (Lipinski definition) is 2. The lowest BCUT2D eigenvalue weighted by Crippen LogP contribution is -2.40. The third-order valence-electron chi connectivity index (χ3n) is 9.67. The van der Waals surface area contributed by atoms with Gasteiger partial charge in [-0.15, -0.1) is 0 Å². The Kier molecular flexibility index (Phi) is 11.0. The summed E-state index contributed by atoms with van der Waals surface area (Å²) in [6.07, 6.45) is 8.81. The maximum absolute atomic E-state index is 16.4. The number of pyridine rings is 1. The summed E-state index contributed by atoms with van der Waals surface area (Å²) in [4.78, 5) is 41.8. The van der Waals surface area contributed by atoms with Crippen LogP contribution in [0.15, 0.2) is 41.3 Å². The van der Waals surface area contributed by atoms with Crippen LogP contribution in [0.2, 0.25) is 0 Å². The number of aliphatic carboxylic acids is 1. The number of carbonyl (C=O) groups is 2. The average molecular weight is 648 g/mol. The van der Waals surface area contributed by atoms with Crippen LogP contribution in [-0.2, 0) is 22.4 Å². The maximum atomic E-state index is 16.4. The highest BCUT2D eigenvalue weighted by molar-refractivity contribution is 5.82. The molecule has 1 aromatic heterocycles. The number of hydrogen-bond acceptors (Lipinski definition) is 4. The average Bonchev–Trinajstić information content (AvgIpc) is 3.83. The standard InChI is InChI=1S/C38H47F2N3O4/c1-23-17-34(44)43(22-27(23)14-15-42(3)4)33-11-9-7-5-6-8-10-26-18-29(39)16-24(2)36(26)28-19-30(25-12-13-25)37(40)31(20-28)32(21-35(45)46)41-38(33)47/h16-20,22,25,32-33H,5-15,21H2,1-4H3,(H,41,47)(H,45,46)/t32-,33-/m0/s1. The number of benzene rings is 2. The van der Waals surface area contributed by atoms with E-state index in [-0.39, 0.29) is 22.9 Å². The number of likely N-dealkylation sites (N-methyl/N-ethyl adjacent to an activating group) is 1. The number of fused-ring (bicyclic) bond motifs is 4. The normalized spacial score (nSPS) is 19.3. The lowest BCUT2D eigenvalue weighted by atomic mass is 9.87. The van der Waals surface area contributed by atoms with Crippen LogP contribution < -0.4 is 10.9 Å². The first kappa shape index (κ1) is 34.5. The fourth-order valence-electron chi connectivity index (χ4n) is 6.98. The molecule has 252 valence electrons. The molecular weight excluding hydrogens is 600 g/mol. The molecule has 1 aliphatic heterocycles. The molecule has 0 spiro atoms. The second-order valence-corrected chi connectivity index (χ2v) is 13.8. The van der Waals surface area contributed by atoms with Crippen molar-refractivity contribution in [1.82, 2.24) is 14.8 Å². The Morgan fingerprint density at radius 3 is 2.34 bits per heavy atom. The Balaban J connectivity index is 1.63. The Bertz CT molecular complexity index is 1700. The van der Waals surface area contributed by atoms with Crippen molar-refractivity contribution < 1.29 is 23.5 Å². The molecule has 2 bridgehead atoms. The smallest absolute Gasteiger partial charge is 0.305 e. The zero-order valence-corrected chi connectivity index (χ0v) is 28.0. The first-order valence-corrected chi connectivity index (χ1v) is 16.9. The van der Waals surface area contributed by atoms with Crippen molar-refractivity contribution in [3.8, 4) is 11.1 Å². The summed E-state index contributed by atoms with van der Waals surface area (Å²) in [6.45, 7) is 4.50. The number of carbonyl (C=O) groups excluding carboxylic acids is 1. The van der Waals surface area contributed by atoms with Crippen molar-refractivity contribution in [2.75, 3.05) is 20.6 Å². The van der Waals surface area contributed by atoms with E-state index < -0.39 is 36.2 Å². The van der Waals surface area contributed by atoms with E-state index in [0.717, 1.165) is 72.9 Å². The number of halogens is 2. The van der Waals surface area contributed by atoms with Gasteiger partial charge < -0.3 is 19.9 Å². The van der Waals surface area contributed by atoms with Gasteiger partial charge >= 0.3 is 5.97 Å². The first-order chi connectivity index (χ1) is 22.4. The van der Waals surface area contributed by atoms with Gasteiger partial charge in [-0.05, 0) is 136 Å². The minimum absolute atomic E-state index is 0.00384. The molecule has 1 saturated carbocycles. The topological polar surface area (TPSA) is 91.6 Å². The summed E-state index contributed by atoms with van der Waals surface area (Å²) in [5.41, 5.74) is 5.20. The number of aromatic nitrogens is 1. The predicted octanol–water partition coefficient (Wildman–Crippen LogP) is 7.16. The summed E-state index contributed by atoms with van der Waals surface area (Å²) in [6, 6.07) is 5.99. The third-order valence-corrected chi connectivity index (χ3v) is 9.67. The number of nitrogens with zero attached hydrogens (tertiary/aromatic N) is 2. The second kappa shape index (κ2) is 14.9. The molecule has 5 rings (SSSR count). The highest BCUT2D eigenvalue weighted by Crippen LogP contribution is 2.45. The molecule has 1 aliphatic carbocycles. The van der Waals surface area contributed by atoms with E-state index in [1.807, 2.05) is 34.0 Å². The van der Waals surface area contributed by atoms with Crippen molar-refractivity contribution in [3.63, 3.8) is 0 Å². The van der Waals surface area contributed by atoms with Crippen LogP contribution in [0.5, 0.6) is 0 Å². The minimum Gasteiger partial charge on any atom is -0.481 e. The van der Waals surface area contributed by atoms with Gasteiger partial charge in [0.25, 0.3) is 5.56 Å². The molecule has 2 aromatic carbocycles. The van der Waals surface area contributed by atoms with E-state index in [1.165, 1.54) is 10.6 Å². The van der Waals surface area contributed by atoms with E-state index in [1.54, 1.807) is 24.4 Å². The Morgan fingerprint density at radius 2 is 1.64 bits per heavy atom. The summed E-state index contributed by atoms with van der Waals surface area (Å²) in [5.74, 6) is -2.52. The maximum Gasteiger partial charge on any atom is 0.305 e. The van der Waals surface area contributed by atoms with Crippen LogP contribution in [0, 0.1) is 25.5 Å². The molecule has 47 heavy (non-hydrogen) atoms. The van der Waals surface area contributed by atoms with Crippen molar-refractivity contribution in [3.05, 3.63) is 91.9 Å². The van der Waals surface area contributed by atoms with Crippen LogP contribution >= 0.6 is 0 Å². The van der Waals surface area contributed by atoms with Gasteiger partial charge in [0.1, 0.15) is 17.7 Å². The molecule has 7 nitrogen and oxygen atoms in total. The molecule has 2 N–H and O–H groups in total. The number of amides is 1. The zero-order chi connectivity index (χ0) is 33.8. The Hall–Kier alpha value is -3.85. The van der Waals surface area contributed by atoms with Gasteiger partial charge in [0.05, 0.1) is 12.5 Å². The predicted molar refractivity (Wildman–Crippen MR) is 180 cm³/mol. The van der Waals surface area contributed by atoms with Crippen LogP contribution in [0.25, 0.3) is 11.1 Å². The Morgan fingerprint density at radius 1 is 0.936 bits per heavy atom. The molecule has 1 fully saturated rings. The summed E-state index contributed by atoms with van der Waals surface area (Å²) < 4.78 is 32.6. The number of nitrogens with one attached hydrogen (secondary N) is 1. The van der Waals surface area contributed by atoms with E-state index in [9.17, 15) is 23.9 Å². The molecule has 2 heterocycles. The molecule has 2 aliphatic rings. The van der Waals surface area contributed by atoms with Gasteiger partial charge in [0.15, 0.2) is 0 Å². The highest BCUT2D eigenvalue weighted by Gasteiger charge is 2.33. The monoisotopic (exact) mass is 647 g/mol. The molecule has 2 atom stereocenters. The molecule has 1 amide bonds. The van der Waals surface area contributed by atoms with Crippen LogP contribution in [0.1, 0.15) is 109 Å². The van der Waals surface area contributed by atoms with Crippen molar-refractivity contribution >= 4 is 11.9 Å². The molecule has 0 radical (unpaired) electrons. The number of rotatable bonds is 7. The molecule has 9 heteroatoms. The first-order valence-electron chi connectivity index (χ1n) is 16.9. The number of carboxylic acid groups (broad SMARTS) is 1. The van der Waals surface area contributed by atoms with Crippen LogP contribution in [0.3, 0.4) is 0 Å².